The maximum atomic E-state index is 12.4. The summed E-state index contributed by atoms with van der Waals surface area (Å²) in [6.45, 7) is 0. The van der Waals surface area contributed by atoms with Gasteiger partial charge in [0.05, 0.1) is 12.4 Å². The van der Waals surface area contributed by atoms with Crippen LogP contribution in [0.3, 0.4) is 0 Å². The van der Waals surface area contributed by atoms with E-state index in [1.165, 1.54) is 22.7 Å². The first-order valence-electron chi connectivity index (χ1n) is 5.13. The summed E-state index contributed by atoms with van der Waals surface area (Å²) in [7, 11) is 0. The summed E-state index contributed by atoms with van der Waals surface area (Å²) >= 11 is 9.88. The van der Waals surface area contributed by atoms with Crippen molar-refractivity contribution in [2.45, 2.75) is 0 Å². The van der Waals surface area contributed by atoms with Gasteiger partial charge in [0.2, 0.25) is 5.78 Å². The molecule has 0 fully saturated rings. The van der Waals surface area contributed by atoms with Gasteiger partial charge in [-0.3, -0.25) is 4.79 Å². The highest BCUT2D eigenvalue weighted by Gasteiger charge is 2.17. The van der Waals surface area contributed by atoms with Gasteiger partial charge < -0.3 is 0 Å². The Bertz CT molecular complexity index is 709. The minimum Gasteiger partial charge on any atom is -0.288 e. The fourth-order valence-corrected chi connectivity index (χ4v) is 5.53. The molecule has 0 N–H and O–H groups in total. The number of fused-ring (bicyclic) bond motifs is 1. The molecular formula is C13H6Br2OS2. The van der Waals surface area contributed by atoms with E-state index in [0.717, 1.165) is 28.1 Å². The lowest BCUT2D eigenvalue weighted by Crippen LogP contribution is -1.96. The van der Waals surface area contributed by atoms with Crippen molar-refractivity contribution >= 4 is 70.4 Å². The van der Waals surface area contributed by atoms with E-state index in [-0.39, 0.29) is 5.78 Å². The number of benzene rings is 1. The van der Waals surface area contributed by atoms with Crippen LogP contribution in [-0.4, -0.2) is 5.78 Å². The summed E-state index contributed by atoms with van der Waals surface area (Å²) in [5.41, 5.74) is 0.721. The average Bonchev–Trinajstić information content (AvgIpc) is 2.91. The lowest BCUT2D eigenvalue weighted by molar-refractivity contribution is 0.104. The monoisotopic (exact) mass is 400 g/mol. The molecule has 2 heterocycles. The third-order valence-corrected chi connectivity index (χ3v) is 6.00. The lowest BCUT2D eigenvalue weighted by atomic mass is 10.2. The Morgan fingerprint density at radius 2 is 1.83 bits per heavy atom. The van der Waals surface area contributed by atoms with Crippen LogP contribution in [0.15, 0.2) is 44.0 Å². The van der Waals surface area contributed by atoms with Gasteiger partial charge in [0.1, 0.15) is 0 Å². The summed E-state index contributed by atoms with van der Waals surface area (Å²) < 4.78 is 2.97. The third kappa shape index (κ3) is 2.20. The number of carbonyl (C=O) groups is 1. The van der Waals surface area contributed by atoms with Crippen LogP contribution >= 0.6 is 54.5 Å². The summed E-state index contributed by atoms with van der Waals surface area (Å²) in [6.07, 6.45) is 0. The molecule has 0 unspecified atom stereocenters. The molecule has 0 aliphatic heterocycles. The van der Waals surface area contributed by atoms with Gasteiger partial charge in [-0.25, -0.2) is 0 Å². The lowest BCUT2D eigenvalue weighted by Gasteiger charge is -1.93. The van der Waals surface area contributed by atoms with Crippen molar-refractivity contribution in [3.8, 4) is 0 Å². The number of rotatable bonds is 2. The van der Waals surface area contributed by atoms with Crippen LogP contribution in [0, 0.1) is 0 Å². The highest BCUT2D eigenvalue weighted by Crippen LogP contribution is 2.35. The first-order valence-corrected chi connectivity index (χ1v) is 8.35. The van der Waals surface area contributed by atoms with Crippen molar-refractivity contribution in [3.63, 3.8) is 0 Å². The molecule has 0 atom stereocenters. The molecule has 0 aliphatic rings. The topological polar surface area (TPSA) is 17.1 Å². The largest absolute Gasteiger partial charge is 0.288 e. The zero-order valence-electron chi connectivity index (χ0n) is 8.94. The molecule has 3 aromatic rings. The van der Waals surface area contributed by atoms with Crippen molar-refractivity contribution < 1.29 is 4.79 Å². The van der Waals surface area contributed by atoms with Gasteiger partial charge in [-0.05, 0) is 55.4 Å². The maximum Gasteiger partial charge on any atom is 0.205 e. The molecule has 5 heteroatoms. The van der Waals surface area contributed by atoms with E-state index in [2.05, 4.69) is 31.9 Å². The molecule has 1 aromatic carbocycles. The van der Waals surface area contributed by atoms with Crippen molar-refractivity contribution in [3.05, 3.63) is 54.4 Å². The molecule has 0 saturated carbocycles. The number of carbonyl (C=O) groups excluding carboxylic acids is 1. The van der Waals surface area contributed by atoms with Crippen molar-refractivity contribution in [2.75, 3.05) is 0 Å². The maximum absolute atomic E-state index is 12.4. The van der Waals surface area contributed by atoms with Crippen molar-refractivity contribution in [2.24, 2.45) is 0 Å². The summed E-state index contributed by atoms with van der Waals surface area (Å²) in [6, 6.07) is 11.9. The molecule has 0 radical (unpaired) electrons. The van der Waals surface area contributed by atoms with Crippen molar-refractivity contribution in [1.29, 1.82) is 0 Å². The fourth-order valence-electron chi connectivity index (χ4n) is 1.72. The summed E-state index contributed by atoms with van der Waals surface area (Å²) in [4.78, 5) is 13.2. The third-order valence-electron chi connectivity index (χ3n) is 2.55. The second-order valence-corrected chi connectivity index (χ2v) is 8.55. The highest BCUT2D eigenvalue weighted by atomic mass is 79.9. The first kappa shape index (κ1) is 12.5. The van der Waals surface area contributed by atoms with Gasteiger partial charge in [-0.15, -0.1) is 22.7 Å². The Balaban J connectivity index is 2.09. The molecule has 90 valence electrons. The fraction of sp³-hybridized carbons (Fsp3) is 0. The molecular weight excluding hydrogens is 396 g/mol. The molecule has 18 heavy (non-hydrogen) atoms. The first-order chi connectivity index (χ1) is 8.65. The Kier molecular flexibility index (Phi) is 3.40. The number of hydrogen-bond acceptors (Lipinski definition) is 3. The van der Waals surface area contributed by atoms with Gasteiger partial charge in [0.25, 0.3) is 0 Å². The van der Waals surface area contributed by atoms with Crippen LogP contribution < -0.4 is 0 Å². The predicted octanol–water partition coefficient (Wildman–Crippen LogP) is 5.72. The number of hydrogen-bond donors (Lipinski definition) is 0. The van der Waals surface area contributed by atoms with E-state index in [9.17, 15) is 4.79 Å². The van der Waals surface area contributed by atoms with Crippen molar-refractivity contribution in [1.82, 2.24) is 0 Å². The highest BCUT2D eigenvalue weighted by molar-refractivity contribution is 9.12. The number of ketones is 1. The van der Waals surface area contributed by atoms with Gasteiger partial charge in [0, 0.05) is 10.3 Å². The minimum atomic E-state index is 0.0741. The Morgan fingerprint density at radius 3 is 2.50 bits per heavy atom. The molecule has 1 nitrogen and oxygen atoms in total. The molecule has 0 aliphatic carbocycles. The van der Waals surface area contributed by atoms with Crippen LogP contribution in [-0.2, 0) is 0 Å². The quantitative estimate of drug-likeness (QED) is 0.502. The van der Waals surface area contributed by atoms with Crippen LogP contribution in [0.2, 0.25) is 0 Å². The smallest absolute Gasteiger partial charge is 0.205 e. The predicted molar refractivity (Wildman–Crippen MR) is 85.0 cm³/mol. The van der Waals surface area contributed by atoms with Gasteiger partial charge in [0.15, 0.2) is 0 Å². The molecule has 0 amide bonds. The summed E-state index contributed by atoms with van der Waals surface area (Å²) in [5, 5.41) is 1.12. The molecule has 3 rings (SSSR count). The van der Waals surface area contributed by atoms with E-state index >= 15 is 0 Å². The molecule has 2 aromatic heterocycles. The van der Waals surface area contributed by atoms with Crippen LogP contribution in [0.25, 0.3) is 10.1 Å². The SMILES string of the molecule is O=C(c1cc2ccccc2s1)c1cc(Br)sc1Br. The van der Waals surface area contributed by atoms with Gasteiger partial charge in [-0.1, -0.05) is 18.2 Å². The Labute approximate surface area is 129 Å². The number of halogens is 2. The van der Waals surface area contributed by atoms with E-state index in [1.54, 1.807) is 0 Å². The average molecular weight is 402 g/mol. The van der Waals surface area contributed by atoms with Gasteiger partial charge >= 0.3 is 0 Å². The van der Waals surface area contributed by atoms with Crippen LogP contribution in [0.4, 0.5) is 0 Å². The Hall–Kier alpha value is -0.490. The van der Waals surface area contributed by atoms with E-state index in [0.29, 0.717) is 0 Å². The standard InChI is InChI=1S/C13H6Br2OS2/c14-11-6-8(13(15)18-11)12(16)10-5-7-3-1-2-4-9(7)17-10/h1-6H. The molecule has 0 spiro atoms. The van der Waals surface area contributed by atoms with E-state index in [4.69, 9.17) is 0 Å². The molecule has 0 saturated heterocycles. The van der Waals surface area contributed by atoms with Gasteiger partial charge in [-0.2, -0.15) is 0 Å². The minimum absolute atomic E-state index is 0.0741. The molecule has 0 bridgehead atoms. The second-order valence-electron chi connectivity index (χ2n) is 3.72. The normalized spacial score (nSPS) is 11.0. The van der Waals surface area contributed by atoms with E-state index < -0.39 is 0 Å². The summed E-state index contributed by atoms with van der Waals surface area (Å²) in [5.74, 6) is 0.0741. The van der Waals surface area contributed by atoms with Crippen LogP contribution in [0.5, 0.6) is 0 Å². The zero-order valence-corrected chi connectivity index (χ0v) is 13.7. The number of thiophene rings is 2. The van der Waals surface area contributed by atoms with E-state index in [1.807, 2.05) is 36.4 Å². The second kappa shape index (κ2) is 4.89. The zero-order chi connectivity index (χ0) is 12.7. The van der Waals surface area contributed by atoms with Crippen LogP contribution in [0.1, 0.15) is 15.2 Å². The Morgan fingerprint density at radius 1 is 1.06 bits per heavy atom.